The topological polar surface area (TPSA) is 116 Å². The Morgan fingerprint density at radius 2 is 2.26 bits per heavy atom. The number of halogens is 1. The average molecular weight is 358 g/mol. The Labute approximate surface area is 136 Å². The Morgan fingerprint density at radius 1 is 1.48 bits per heavy atom. The standard InChI is InChI=1S/C12H12ClN5O4S/c1-22-9(19)6-18-5-7(4-14-18)15-11-10-8(16-12(13)17-11)2-3-23(10,20)21/h4-5H,2-3,6H2,1H3,(H,15,16,17). The third-order valence-corrected chi connectivity index (χ3v) is 5.20. The Hall–Kier alpha value is -2.20. The molecule has 9 nitrogen and oxygen atoms in total. The van der Waals surface area contributed by atoms with Crippen LogP contribution < -0.4 is 5.32 Å². The number of sulfone groups is 1. The number of aromatic nitrogens is 4. The second kappa shape index (κ2) is 5.78. The first kappa shape index (κ1) is 15.7. The number of carbonyl (C=O) groups is 1. The lowest BCUT2D eigenvalue weighted by molar-refractivity contribution is -0.141. The zero-order valence-electron chi connectivity index (χ0n) is 12.0. The largest absolute Gasteiger partial charge is 0.468 e. The van der Waals surface area contributed by atoms with Crippen molar-refractivity contribution < 1.29 is 17.9 Å². The smallest absolute Gasteiger partial charge is 0.327 e. The highest BCUT2D eigenvalue weighted by Gasteiger charge is 2.32. The van der Waals surface area contributed by atoms with Gasteiger partial charge in [-0.2, -0.15) is 10.1 Å². The van der Waals surface area contributed by atoms with Gasteiger partial charge >= 0.3 is 5.97 Å². The highest BCUT2D eigenvalue weighted by molar-refractivity contribution is 7.91. The molecular weight excluding hydrogens is 346 g/mol. The summed E-state index contributed by atoms with van der Waals surface area (Å²) in [6, 6.07) is 0. The van der Waals surface area contributed by atoms with E-state index in [2.05, 4.69) is 25.1 Å². The Kier molecular flexibility index (Phi) is 3.94. The van der Waals surface area contributed by atoms with Gasteiger partial charge in [-0.3, -0.25) is 9.48 Å². The predicted octanol–water partition coefficient (Wildman–Crippen LogP) is 0.573. The summed E-state index contributed by atoms with van der Waals surface area (Å²) < 4.78 is 30.1. The monoisotopic (exact) mass is 357 g/mol. The molecule has 0 fully saturated rings. The molecule has 2 aromatic heterocycles. The second-order valence-electron chi connectivity index (χ2n) is 4.81. The molecule has 0 amide bonds. The van der Waals surface area contributed by atoms with Gasteiger partial charge in [-0.1, -0.05) is 0 Å². The van der Waals surface area contributed by atoms with Gasteiger partial charge in [0.05, 0.1) is 30.4 Å². The first-order valence-electron chi connectivity index (χ1n) is 6.54. The number of nitrogens with zero attached hydrogens (tertiary/aromatic N) is 4. The molecule has 3 rings (SSSR count). The maximum Gasteiger partial charge on any atom is 0.327 e. The highest BCUT2D eigenvalue weighted by Crippen LogP contribution is 2.32. The summed E-state index contributed by atoms with van der Waals surface area (Å²) in [5.74, 6) is -0.364. The van der Waals surface area contributed by atoms with E-state index in [9.17, 15) is 13.2 Å². The van der Waals surface area contributed by atoms with E-state index in [0.717, 1.165) is 0 Å². The van der Waals surface area contributed by atoms with Crippen LogP contribution >= 0.6 is 11.6 Å². The number of rotatable bonds is 4. The number of esters is 1. The van der Waals surface area contributed by atoms with Crippen molar-refractivity contribution in [2.75, 3.05) is 18.2 Å². The maximum absolute atomic E-state index is 12.1. The number of carbonyl (C=O) groups excluding carboxylic acids is 1. The van der Waals surface area contributed by atoms with Gasteiger partial charge in [-0.15, -0.1) is 0 Å². The van der Waals surface area contributed by atoms with E-state index in [1.807, 2.05) is 0 Å². The molecule has 122 valence electrons. The Bertz CT molecular complexity index is 880. The van der Waals surface area contributed by atoms with E-state index in [1.165, 1.54) is 24.2 Å². The number of anilines is 2. The van der Waals surface area contributed by atoms with Crippen molar-refractivity contribution in [2.24, 2.45) is 0 Å². The van der Waals surface area contributed by atoms with Gasteiger partial charge in [-0.25, -0.2) is 13.4 Å². The Morgan fingerprint density at radius 3 is 3.00 bits per heavy atom. The van der Waals surface area contributed by atoms with Crippen molar-refractivity contribution in [1.82, 2.24) is 19.7 Å². The van der Waals surface area contributed by atoms with Crippen LogP contribution in [-0.2, 0) is 32.3 Å². The number of fused-ring (bicyclic) bond motifs is 1. The summed E-state index contributed by atoms with van der Waals surface area (Å²) in [4.78, 5) is 19.2. The van der Waals surface area contributed by atoms with Crippen LogP contribution in [0.1, 0.15) is 5.69 Å². The minimum atomic E-state index is -3.44. The lowest BCUT2D eigenvalue weighted by atomic mass is 10.3. The molecule has 1 aliphatic heterocycles. The molecule has 0 atom stereocenters. The predicted molar refractivity (Wildman–Crippen MR) is 80.3 cm³/mol. The molecule has 3 heterocycles. The third kappa shape index (κ3) is 3.13. The van der Waals surface area contributed by atoms with Gasteiger partial charge in [-0.05, 0) is 11.6 Å². The highest BCUT2D eigenvalue weighted by atomic mass is 35.5. The molecule has 11 heteroatoms. The van der Waals surface area contributed by atoms with Crippen LogP contribution in [-0.4, -0.2) is 47.0 Å². The van der Waals surface area contributed by atoms with Crippen LogP contribution in [0.25, 0.3) is 0 Å². The molecule has 23 heavy (non-hydrogen) atoms. The van der Waals surface area contributed by atoms with Crippen LogP contribution in [0.5, 0.6) is 0 Å². The summed E-state index contributed by atoms with van der Waals surface area (Å²) in [7, 11) is -2.16. The summed E-state index contributed by atoms with van der Waals surface area (Å²) in [5.41, 5.74) is 0.863. The molecule has 0 saturated carbocycles. The molecule has 0 aromatic carbocycles. The number of hydrogen-bond acceptors (Lipinski definition) is 8. The van der Waals surface area contributed by atoms with E-state index >= 15 is 0 Å². The van der Waals surface area contributed by atoms with Crippen molar-refractivity contribution in [3.63, 3.8) is 0 Å². The minimum Gasteiger partial charge on any atom is -0.468 e. The summed E-state index contributed by atoms with van der Waals surface area (Å²) in [6.07, 6.45) is 3.27. The van der Waals surface area contributed by atoms with Crippen molar-refractivity contribution in [1.29, 1.82) is 0 Å². The summed E-state index contributed by atoms with van der Waals surface area (Å²) in [6.45, 7) is -0.0564. The van der Waals surface area contributed by atoms with Gasteiger partial charge in [0.15, 0.2) is 15.7 Å². The van der Waals surface area contributed by atoms with Gasteiger partial charge in [0, 0.05) is 12.6 Å². The van der Waals surface area contributed by atoms with Crippen molar-refractivity contribution in [3.05, 3.63) is 23.4 Å². The molecule has 0 saturated heterocycles. The summed E-state index contributed by atoms with van der Waals surface area (Å²) in [5, 5.41) is 6.81. The van der Waals surface area contributed by atoms with Gasteiger partial charge in [0.25, 0.3) is 0 Å². The molecule has 2 aromatic rings. The number of hydrogen-bond donors (Lipinski definition) is 1. The van der Waals surface area contributed by atoms with Gasteiger partial charge in [0.2, 0.25) is 5.28 Å². The molecule has 0 aliphatic carbocycles. The first-order chi connectivity index (χ1) is 10.9. The van der Waals surface area contributed by atoms with Crippen LogP contribution in [0.15, 0.2) is 17.3 Å². The van der Waals surface area contributed by atoms with Gasteiger partial charge < -0.3 is 10.1 Å². The van der Waals surface area contributed by atoms with Crippen molar-refractivity contribution >= 4 is 38.9 Å². The summed E-state index contributed by atoms with van der Waals surface area (Å²) >= 11 is 5.84. The van der Waals surface area contributed by atoms with Crippen LogP contribution in [0, 0.1) is 0 Å². The van der Waals surface area contributed by atoms with Gasteiger partial charge in [0.1, 0.15) is 11.4 Å². The average Bonchev–Trinajstić information content (AvgIpc) is 3.03. The van der Waals surface area contributed by atoms with Crippen molar-refractivity contribution in [3.8, 4) is 0 Å². The molecule has 0 bridgehead atoms. The molecule has 1 aliphatic rings. The lowest BCUT2D eigenvalue weighted by Crippen LogP contribution is -2.11. The molecule has 1 N–H and O–H groups in total. The van der Waals surface area contributed by atoms with Crippen LogP contribution in [0.3, 0.4) is 0 Å². The number of nitrogens with one attached hydrogen (secondary N) is 1. The second-order valence-corrected chi connectivity index (χ2v) is 7.20. The van der Waals surface area contributed by atoms with Crippen LogP contribution in [0.4, 0.5) is 11.5 Å². The van der Waals surface area contributed by atoms with E-state index in [0.29, 0.717) is 17.8 Å². The fraction of sp³-hybridized carbons (Fsp3) is 0.333. The van der Waals surface area contributed by atoms with Crippen LogP contribution in [0.2, 0.25) is 5.28 Å². The fourth-order valence-corrected chi connectivity index (χ4v) is 3.98. The Balaban J connectivity index is 1.91. The quantitative estimate of drug-likeness (QED) is 0.623. The fourth-order valence-electron chi connectivity index (χ4n) is 2.23. The third-order valence-electron chi connectivity index (χ3n) is 3.24. The minimum absolute atomic E-state index is 0.0202. The lowest BCUT2D eigenvalue weighted by Gasteiger charge is -2.08. The normalized spacial score (nSPS) is 15.2. The zero-order chi connectivity index (χ0) is 16.6. The maximum atomic E-state index is 12.1. The molecule has 0 spiro atoms. The zero-order valence-corrected chi connectivity index (χ0v) is 13.6. The molecular formula is C12H12ClN5O4S. The number of methoxy groups -OCH3 is 1. The first-order valence-corrected chi connectivity index (χ1v) is 8.57. The molecule has 0 radical (unpaired) electrons. The van der Waals surface area contributed by atoms with Crippen molar-refractivity contribution in [2.45, 2.75) is 17.9 Å². The van der Waals surface area contributed by atoms with E-state index in [4.69, 9.17) is 11.6 Å². The molecule has 0 unspecified atom stereocenters. The number of aryl methyl sites for hydroxylation is 1. The van der Waals surface area contributed by atoms with E-state index < -0.39 is 15.8 Å². The SMILES string of the molecule is COC(=O)Cn1cc(Nc2nc(Cl)nc3c2S(=O)(=O)CC3)cn1. The number of ether oxygens (including phenoxy) is 1. The van der Waals surface area contributed by atoms with E-state index in [-0.39, 0.29) is 28.3 Å². The van der Waals surface area contributed by atoms with E-state index in [1.54, 1.807) is 0 Å².